The summed E-state index contributed by atoms with van der Waals surface area (Å²) in [6, 6.07) is 9.81. The lowest BCUT2D eigenvalue weighted by Gasteiger charge is -2.16. The third kappa shape index (κ3) is 3.55. The minimum absolute atomic E-state index is 0.179. The van der Waals surface area contributed by atoms with Crippen LogP contribution in [0.5, 0.6) is 0 Å². The van der Waals surface area contributed by atoms with Gasteiger partial charge in [0.05, 0.1) is 24.3 Å². The van der Waals surface area contributed by atoms with Crippen molar-refractivity contribution < 1.29 is 4.21 Å². The SMILES string of the molecule is CC(CCn1cncc1C(N)c1ccccc1)S(C)=O. The van der Waals surface area contributed by atoms with Gasteiger partial charge in [0, 0.05) is 28.9 Å². The van der Waals surface area contributed by atoms with Gasteiger partial charge in [-0.25, -0.2) is 4.98 Å². The normalized spacial score (nSPS) is 15.8. The van der Waals surface area contributed by atoms with Gasteiger partial charge in [-0.1, -0.05) is 37.3 Å². The van der Waals surface area contributed by atoms with E-state index in [1.165, 1.54) is 0 Å². The highest BCUT2D eigenvalue weighted by Crippen LogP contribution is 2.19. The van der Waals surface area contributed by atoms with Crippen LogP contribution >= 0.6 is 0 Å². The molecule has 0 saturated heterocycles. The quantitative estimate of drug-likeness (QED) is 0.886. The highest BCUT2D eigenvalue weighted by Gasteiger charge is 2.14. The lowest BCUT2D eigenvalue weighted by Crippen LogP contribution is -2.19. The van der Waals surface area contributed by atoms with E-state index in [4.69, 9.17) is 5.73 Å². The summed E-state index contributed by atoms with van der Waals surface area (Å²) in [5.41, 5.74) is 8.37. The first-order valence-corrected chi connectivity index (χ1v) is 8.34. The minimum Gasteiger partial charge on any atom is -0.333 e. The molecule has 108 valence electrons. The van der Waals surface area contributed by atoms with Crippen molar-refractivity contribution in [1.29, 1.82) is 0 Å². The summed E-state index contributed by atoms with van der Waals surface area (Å²) in [7, 11) is -0.790. The van der Waals surface area contributed by atoms with Gasteiger partial charge in [0.15, 0.2) is 0 Å². The zero-order valence-electron chi connectivity index (χ0n) is 11.9. The standard InChI is InChI=1S/C15H21N3OS/c1-12(20(2)19)8-9-18-11-17-10-14(18)15(16)13-6-4-3-5-7-13/h3-7,10-12,15H,8-9,16H2,1-2H3. The number of hydrogen-bond donors (Lipinski definition) is 1. The fourth-order valence-electron chi connectivity index (χ4n) is 2.09. The molecule has 3 unspecified atom stereocenters. The number of nitrogens with two attached hydrogens (primary N) is 1. The van der Waals surface area contributed by atoms with Crippen LogP contribution in [0.2, 0.25) is 0 Å². The van der Waals surface area contributed by atoms with E-state index in [9.17, 15) is 4.21 Å². The molecule has 2 N–H and O–H groups in total. The van der Waals surface area contributed by atoms with Crippen LogP contribution in [-0.2, 0) is 17.3 Å². The van der Waals surface area contributed by atoms with E-state index in [1.54, 1.807) is 12.6 Å². The summed E-state index contributed by atoms with van der Waals surface area (Å²) in [5, 5.41) is 0.179. The van der Waals surface area contributed by atoms with Gasteiger partial charge in [0.25, 0.3) is 0 Å². The number of rotatable bonds is 6. The Morgan fingerprint density at radius 2 is 2.05 bits per heavy atom. The van der Waals surface area contributed by atoms with Crippen molar-refractivity contribution in [2.45, 2.75) is 31.2 Å². The van der Waals surface area contributed by atoms with E-state index in [0.29, 0.717) is 0 Å². The first-order chi connectivity index (χ1) is 9.59. The maximum absolute atomic E-state index is 11.4. The molecule has 5 heteroatoms. The summed E-state index contributed by atoms with van der Waals surface area (Å²) in [4.78, 5) is 4.20. The Labute approximate surface area is 122 Å². The van der Waals surface area contributed by atoms with E-state index < -0.39 is 10.8 Å². The van der Waals surface area contributed by atoms with Gasteiger partial charge in [-0.3, -0.25) is 4.21 Å². The maximum Gasteiger partial charge on any atom is 0.0948 e. The predicted octanol–water partition coefficient (Wildman–Crippen LogP) is 2.09. The molecule has 0 spiro atoms. The van der Waals surface area contributed by atoms with Crippen molar-refractivity contribution in [2.24, 2.45) is 5.73 Å². The Morgan fingerprint density at radius 3 is 2.70 bits per heavy atom. The number of benzene rings is 1. The number of aromatic nitrogens is 2. The maximum atomic E-state index is 11.4. The summed E-state index contributed by atoms with van der Waals surface area (Å²) in [6.07, 6.45) is 6.21. The molecular weight excluding hydrogens is 270 g/mol. The van der Waals surface area contributed by atoms with Gasteiger partial charge < -0.3 is 10.3 Å². The second-order valence-corrected chi connectivity index (χ2v) is 6.80. The van der Waals surface area contributed by atoms with E-state index in [0.717, 1.165) is 24.2 Å². The molecule has 0 aliphatic heterocycles. The van der Waals surface area contributed by atoms with Crippen LogP contribution < -0.4 is 5.73 Å². The average molecular weight is 291 g/mol. The largest absolute Gasteiger partial charge is 0.333 e. The van der Waals surface area contributed by atoms with E-state index >= 15 is 0 Å². The molecular formula is C15H21N3OS. The Morgan fingerprint density at radius 1 is 1.35 bits per heavy atom. The molecule has 20 heavy (non-hydrogen) atoms. The summed E-state index contributed by atoms with van der Waals surface area (Å²) >= 11 is 0. The topological polar surface area (TPSA) is 60.9 Å². The minimum atomic E-state index is -0.790. The lowest BCUT2D eigenvalue weighted by atomic mass is 10.1. The van der Waals surface area contributed by atoms with Crippen LogP contribution in [0.1, 0.15) is 30.6 Å². The third-order valence-electron chi connectivity index (χ3n) is 3.56. The van der Waals surface area contributed by atoms with Gasteiger partial charge in [0.1, 0.15) is 0 Å². The molecule has 2 rings (SSSR count). The molecule has 0 aliphatic rings. The van der Waals surface area contributed by atoms with E-state index in [1.807, 2.05) is 43.5 Å². The van der Waals surface area contributed by atoms with Crippen LogP contribution in [0.4, 0.5) is 0 Å². The summed E-state index contributed by atoms with van der Waals surface area (Å²) < 4.78 is 13.5. The molecule has 0 radical (unpaired) electrons. The van der Waals surface area contributed by atoms with Gasteiger partial charge in [0.2, 0.25) is 0 Å². The first-order valence-electron chi connectivity index (χ1n) is 6.72. The van der Waals surface area contributed by atoms with Crippen molar-refractivity contribution in [3.05, 3.63) is 54.1 Å². The smallest absolute Gasteiger partial charge is 0.0948 e. The number of nitrogens with zero attached hydrogens (tertiary/aromatic N) is 2. The van der Waals surface area contributed by atoms with E-state index in [2.05, 4.69) is 9.55 Å². The van der Waals surface area contributed by atoms with Crippen LogP contribution in [0.3, 0.4) is 0 Å². The monoisotopic (exact) mass is 291 g/mol. The molecule has 1 aromatic carbocycles. The van der Waals surface area contributed by atoms with Crippen LogP contribution in [0, 0.1) is 0 Å². The molecule has 0 amide bonds. The molecule has 0 saturated carbocycles. The highest BCUT2D eigenvalue weighted by molar-refractivity contribution is 7.84. The predicted molar refractivity (Wildman–Crippen MR) is 82.8 cm³/mol. The average Bonchev–Trinajstić information content (AvgIpc) is 2.93. The van der Waals surface area contributed by atoms with Gasteiger partial charge >= 0.3 is 0 Å². The molecule has 3 atom stereocenters. The fourth-order valence-corrected chi connectivity index (χ4v) is 2.53. The van der Waals surface area contributed by atoms with Gasteiger partial charge in [-0.05, 0) is 12.0 Å². The van der Waals surface area contributed by atoms with Crippen LogP contribution in [-0.4, -0.2) is 25.3 Å². The second-order valence-electron chi connectivity index (χ2n) is 5.00. The van der Waals surface area contributed by atoms with Crippen LogP contribution in [0.15, 0.2) is 42.9 Å². The number of aryl methyl sites for hydroxylation is 1. The lowest BCUT2D eigenvalue weighted by molar-refractivity contribution is 0.589. The van der Waals surface area contributed by atoms with Crippen molar-refractivity contribution in [1.82, 2.24) is 9.55 Å². The van der Waals surface area contributed by atoms with Crippen molar-refractivity contribution >= 4 is 10.8 Å². The molecule has 0 fully saturated rings. The molecule has 2 aromatic rings. The highest BCUT2D eigenvalue weighted by atomic mass is 32.2. The molecule has 4 nitrogen and oxygen atoms in total. The second kappa shape index (κ2) is 6.81. The van der Waals surface area contributed by atoms with Crippen molar-refractivity contribution in [3.63, 3.8) is 0 Å². The Bertz CT molecular complexity index is 568. The molecule has 0 aliphatic carbocycles. The Hall–Kier alpha value is -1.46. The number of hydrogen-bond acceptors (Lipinski definition) is 3. The Kier molecular flexibility index (Phi) is 5.09. The van der Waals surface area contributed by atoms with Gasteiger partial charge in [-0.2, -0.15) is 0 Å². The zero-order chi connectivity index (χ0) is 14.5. The van der Waals surface area contributed by atoms with Crippen molar-refractivity contribution in [2.75, 3.05) is 6.26 Å². The zero-order valence-corrected chi connectivity index (χ0v) is 12.7. The van der Waals surface area contributed by atoms with Crippen molar-refractivity contribution in [3.8, 4) is 0 Å². The van der Waals surface area contributed by atoms with Gasteiger partial charge in [-0.15, -0.1) is 0 Å². The number of imidazole rings is 1. The summed E-state index contributed by atoms with van der Waals surface area (Å²) in [6.45, 7) is 2.79. The first kappa shape index (κ1) is 14.9. The van der Waals surface area contributed by atoms with Crippen LogP contribution in [0.25, 0.3) is 0 Å². The third-order valence-corrected chi connectivity index (χ3v) is 4.93. The fraction of sp³-hybridized carbons (Fsp3) is 0.400. The summed E-state index contributed by atoms with van der Waals surface area (Å²) in [5.74, 6) is 0. The molecule has 1 aromatic heterocycles. The molecule has 0 bridgehead atoms. The molecule has 1 heterocycles. The van der Waals surface area contributed by atoms with E-state index in [-0.39, 0.29) is 11.3 Å². The Balaban J connectivity index is 2.10.